The molecule has 2 aliphatic heterocycles. The highest BCUT2D eigenvalue weighted by atomic mass is 32.2. The number of likely N-dealkylation sites (tertiary alicyclic amines) is 1. The third-order valence-electron chi connectivity index (χ3n) is 4.92. The number of hydrogen-bond donors (Lipinski definition) is 0. The van der Waals surface area contributed by atoms with Crippen LogP contribution in [0.15, 0.2) is 24.3 Å². The van der Waals surface area contributed by atoms with Crippen molar-refractivity contribution in [1.29, 1.82) is 0 Å². The Morgan fingerprint density at radius 1 is 1.08 bits per heavy atom. The van der Waals surface area contributed by atoms with E-state index in [1.165, 1.54) is 0 Å². The van der Waals surface area contributed by atoms with Gasteiger partial charge in [-0.05, 0) is 31.9 Å². The van der Waals surface area contributed by atoms with E-state index in [-0.39, 0.29) is 16.8 Å². The van der Waals surface area contributed by atoms with Crippen LogP contribution in [0, 0.1) is 6.92 Å². The molecule has 6 heteroatoms. The fourth-order valence-electron chi connectivity index (χ4n) is 3.49. The number of rotatable bonds is 1. The summed E-state index contributed by atoms with van der Waals surface area (Å²) in [6.07, 6.45) is 1.68. The van der Waals surface area contributed by atoms with Crippen molar-refractivity contribution in [1.82, 2.24) is 14.7 Å². The Kier molecular flexibility index (Phi) is 4.76. The van der Waals surface area contributed by atoms with Crippen molar-refractivity contribution in [2.24, 2.45) is 0 Å². The number of urea groups is 1. The molecule has 2 saturated heterocycles. The molecule has 3 amide bonds. The summed E-state index contributed by atoms with van der Waals surface area (Å²) >= 11 is 1.88. The Balaban J connectivity index is 1.73. The van der Waals surface area contributed by atoms with Crippen LogP contribution in [0.1, 0.15) is 28.8 Å². The van der Waals surface area contributed by atoms with E-state index in [9.17, 15) is 9.59 Å². The molecule has 3 rings (SSSR count). The summed E-state index contributed by atoms with van der Waals surface area (Å²) in [4.78, 5) is 30.5. The highest BCUT2D eigenvalue weighted by Crippen LogP contribution is 2.44. The van der Waals surface area contributed by atoms with Gasteiger partial charge in [0.2, 0.25) is 0 Å². The molecule has 0 unspecified atom stereocenters. The van der Waals surface area contributed by atoms with E-state index in [2.05, 4.69) is 0 Å². The summed E-state index contributed by atoms with van der Waals surface area (Å²) < 4.78 is 0. The maximum absolute atomic E-state index is 13.0. The molecular formula is C18H25N3O2S. The summed E-state index contributed by atoms with van der Waals surface area (Å²) in [5.74, 6) is 1.09. The third kappa shape index (κ3) is 3.11. The second kappa shape index (κ2) is 6.67. The zero-order valence-corrected chi connectivity index (χ0v) is 15.4. The SMILES string of the molecule is Cc1ccc(C(=O)N2CCSC23CCN(C(=O)N(C)C)CC3)cc1. The monoisotopic (exact) mass is 347 g/mol. The summed E-state index contributed by atoms with van der Waals surface area (Å²) in [7, 11) is 3.56. The van der Waals surface area contributed by atoms with E-state index in [0.717, 1.165) is 36.3 Å². The van der Waals surface area contributed by atoms with Gasteiger partial charge in [-0.15, -0.1) is 11.8 Å². The molecule has 1 aromatic carbocycles. The number of benzene rings is 1. The summed E-state index contributed by atoms with van der Waals surface area (Å²) in [6.45, 7) is 4.24. The van der Waals surface area contributed by atoms with Crippen LogP contribution in [-0.2, 0) is 0 Å². The molecule has 5 nitrogen and oxygen atoms in total. The number of thioether (sulfide) groups is 1. The number of hydrogen-bond acceptors (Lipinski definition) is 3. The van der Waals surface area contributed by atoms with E-state index in [4.69, 9.17) is 0 Å². The van der Waals surface area contributed by atoms with Crippen molar-refractivity contribution in [2.45, 2.75) is 24.6 Å². The smallest absolute Gasteiger partial charge is 0.319 e. The minimum Gasteiger partial charge on any atom is -0.331 e. The van der Waals surface area contributed by atoms with Gasteiger partial charge in [0.05, 0.1) is 4.87 Å². The molecule has 24 heavy (non-hydrogen) atoms. The van der Waals surface area contributed by atoms with Crippen LogP contribution < -0.4 is 0 Å². The van der Waals surface area contributed by atoms with Gasteiger partial charge < -0.3 is 14.7 Å². The quantitative estimate of drug-likeness (QED) is 0.784. The minimum atomic E-state index is -0.148. The molecule has 2 heterocycles. The number of aryl methyl sites for hydroxylation is 1. The van der Waals surface area contributed by atoms with Gasteiger partial charge in [0.1, 0.15) is 0 Å². The Morgan fingerprint density at radius 2 is 1.71 bits per heavy atom. The van der Waals surface area contributed by atoms with Gasteiger partial charge in [-0.2, -0.15) is 0 Å². The topological polar surface area (TPSA) is 43.9 Å². The third-order valence-corrected chi connectivity index (χ3v) is 6.47. The first-order valence-corrected chi connectivity index (χ1v) is 9.40. The average molecular weight is 347 g/mol. The fraction of sp³-hybridized carbons (Fsp3) is 0.556. The molecule has 0 atom stereocenters. The Morgan fingerprint density at radius 3 is 2.29 bits per heavy atom. The zero-order chi connectivity index (χ0) is 17.3. The van der Waals surface area contributed by atoms with Crippen LogP contribution in [0.2, 0.25) is 0 Å². The van der Waals surface area contributed by atoms with Crippen molar-refractivity contribution >= 4 is 23.7 Å². The Hall–Kier alpha value is -1.69. The Labute approximate surface area is 148 Å². The molecule has 0 saturated carbocycles. The largest absolute Gasteiger partial charge is 0.331 e. The number of carbonyl (C=O) groups is 2. The lowest BCUT2D eigenvalue weighted by molar-refractivity contribution is 0.0569. The van der Waals surface area contributed by atoms with E-state index in [1.54, 1.807) is 19.0 Å². The highest BCUT2D eigenvalue weighted by molar-refractivity contribution is 8.00. The number of piperidine rings is 1. The van der Waals surface area contributed by atoms with Crippen LogP contribution in [-0.4, -0.2) is 71.0 Å². The van der Waals surface area contributed by atoms with Gasteiger partial charge in [0.15, 0.2) is 0 Å². The molecule has 130 valence electrons. The highest BCUT2D eigenvalue weighted by Gasteiger charge is 2.47. The number of nitrogens with zero attached hydrogens (tertiary/aromatic N) is 3. The first-order valence-electron chi connectivity index (χ1n) is 8.42. The maximum atomic E-state index is 13.0. The van der Waals surface area contributed by atoms with Crippen LogP contribution in [0.25, 0.3) is 0 Å². The van der Waals surface area contributed by atoms with Crippen LogP contribution in [0.5, 0.6) is 0 Å². The van der Waals surface area contributed by atoms with Gasteiger partial charge in [-0.25, -0.2) is 4.79 Å². The van der Waals surface area contributed by atoms with Crippen molar-refractivity contribution in [2.75, 3.05) is 39.5 Å². The van der Waals surface area contributed by atoms with Crippen molar-refractivity contribution < 1.29 is 9.59 Å². The molecular weight excluding hydrogens is 322 g/mol. The van der Waals surface area contributed by atoms with Gasteiger partial charge in [-0.3, -0.25) is 4.79 Å². The average Bonchev–Trinajstić information content (AvgIpc) is 2.98. The molecule has 0 N–H and O–H groups in total. The maximum Gasteiger partial charge on any atom is 0.319 e. The Bertz CT molecular complexity index is 622. The first kappa shape index (κ1) is 17.1. The number of carbonyl (C=O) groups excluding carboxylic acids is 2. The van der Waals surface area contributed by atoms with Gasteiger partial charge in [-0.1, -0.05) is 17.7 Å². The molecule has 0 bridgehead atoms. The summed E-state index contributed by atoms with van der Waals surface area (Å²) in [5.41, 5.74) is 1.92. The van der Waals surface area contributed by atoms with Crippen LogP contribution >= 0.6 is 11.8 Å². The lowest BCUT2D eigenvalue weighted by atomic mass is 10.0. The molecule has 2 aliphatic rings. The normalized spacial score (nSPS) is 19.6. The van der Waals surface area contributed by atoms with Crippen molar-refractivity contribution in [3.05, 3.63) is 35.4 Å². The lowest BCUT2D eigenvalue weighted by Crippen LogP contribution is -2.54. The molecule has 2 fully saturated rings. The van der Waals surface area contributed by atoms with Gasteiger partial charge >= 0.3 is 6.03 Å². The van der Waals surface area contributed by atoms with Crippen molar-refractivity contribution in [3.63, 3.8) is 0 Å². The minimum absolute atomic E-state index is 0.0595. The predicted octanol–water partition coefficient (Wildman–Crippen LogP) is 2.66. The van der Waals surface area contributed by atoms with Gasteiger partial charge in [0.25, 0.3) is 5.91 Å². The molecule has 1 aromatic rings. The van der Waals surface area contributed by atoms with E-state index >= 15 is 0 Å². The van der Waals surface area contributed by atoms with E-state index < -0.39 is 0 Å². The second-order valence-electron chi connectivity index (χ2n) is 6.78. The van der Waals surface area contributed by atoms with Crippen LogP contribution in [0.3, 0.4) is 0 Å². The molecule has 0 aliphatic carbocycles. The first-order chi connectivity index (χ1) is 11.4. The molecule has 1 spiro atoms. The lowest BCUT2D eigenvalue weighted by Gasteiger charge is -2.44. The molecule has 0 radical (unpaired) electrons. The van der Waals surface area contributed by atoms with E-state index in [1.807, 2.05) is 52.8 Å². The van der Waals surface area contributed by atoms with E-state index in [0.29, 0.717) is 13.1 Å². The van der Waals surface area contributed by atoms with Gasteiger partial charge in [0, 0.05) is 45.0 Å². The van der Waals surface area contributed by atoms with Crippen LogP contribution in [0.4, 0.5) is 4.79 Å². The molecule has 0 aromatic heterocycles. The zero-order valence-electron chi connectivity index (χ0n) is 14.6. The van der Waals surface area contributed by atoms with Crippen molar-refractivity contribution in [3.8, 4) is 0 Å². The number of amides is 3. The standard InChI is InChI=1S/C18H25N3O2S/c1-14-4-6-15(7-5-14)16(22)21-12-13-24-18(21)8-10-20(11-9-18)17(23)19(2)3/h4-7H,8-13H2,1-3H3. The fourth-order valence-corrected chi connectivity index (χ4v) is 4.95. The summed E-state index contributed by atoms with van der Waals surface area (Å²) in [6, 6.07) is 7.87. The second-order valence-corrected chi connectivity index (χ2v) is 8.24. The predicted molar refractivity (Wildman–Crippen MR) is 97.3 cm³/mol. The summed E-state index contributed by atoms with van der Waals surface area (Å²) in [5, 5.41) is 0.